The SMILES string of the molecule is CC(C)CCCCNc1nccs1. The smallest absolute Gasteiger partial charge is 0.182 e. The van der Waals surface area contributed by atoms with E-state index in [1.807, 2.05) is 11.6 Å². The highest BCUT2D eigenvalue weighted by molar-refractivity contribution is 7.13. The van der Waals surface area contributed by atoms with Crippen LogP contribution in [0, 0.1) is 5.92 Å². The van der Waals surface area contributed by atoms with E-state index in [1.165, 1.54) is 19.3 Å². The van der Waals surface area contributed by atoms with Gasteiger partial charge in [-0.25, -0.2) is 4.98 Å². The number of hydrogen-bond donors (Lipinski definition) is 1. The van der Waals surface area contributed by atoms with E-state index in [0.29, 0.717) is 0 Å². The molecular weight excluding hydrogens is 180 g/mol. The Morgan fingerprint density at radius 2 is 2.31 bits per heavy atom. The van der Waals surface area contributed by atoms with Gasteiger partial charge in [0.2, 0.25) is 0 Å². The fourth-order valence-corrected chi connectivity index (χ4v) is 1.74. The van der Waals surface area contributed by atoms with Gasteiger partial charge in [0.25, 0.3) is 0 Å². The average Bonchev–Trinajstić information content (AvgIpc) is 2.55. The van der Waals surface area contributed by atoms with Crippen molar-refractivity contribution >= 4 is 16.5 Å². The number of rotatable bonds is 6. The molecule has 0 aliphatic rings. The molecule has 0 saturated heterocycles. The third-order valence-corrected chi connectivity index (χ3v) is 2.65. The van der Waals surface area contributed by atoms with Crippen LogP contribution in [0.4, 0.5) is 5.13 Å². The maximum Gasteiger partial charge on any atom is 0.182 e. The van der Waals surface area contributed by atoms with Crippen molar-refractivity contribution in [2.45, 2.75) is 33.1 Å². The van der Waals surface area contributed by atoms with E-state index >= 15 is 0 Å². The van der Waals surface area contributed by atoms with E-state index in [1.54, 1.807) is 11.3 Å². The molecule has 0 amide bonds. The molecule has 0 radical (unpaired) electrons. The number of nitrogens with zero attached hydrogens (tertiary/aromatic N) is 1. The molecule has 2 nitrogen and oxygen atoms in total. The Kier molecular flexibility index (Phi) is 4.83. The van der Waals surface area contributed by atoms with Crippen molar-refractivity contribution in [1.29, 1.82) is 0 Å². The molecule has 0 atom stereocenters. The van der Waals surface area contributed by atoms with Gasteiger partial charge in [0.15, 0.2) is 5.13 Å². The minimum absolute atomic E-state index is 0.833. The third-order valence-electron chi connectivity index (χ3n) is 1.92. The minimum atomic E-state index is 0.833. The van der Waals surface area contributed by atoms with Gasteiger partial charge < -0.3 is 5.32 Å². The Morgan fingerprint density at radius 3 is 2.92 bits per heavy atom. The van der Waals surface area contributed by atoms with E-state index in [9.17, 15) is 0 Å². The maximum absolute atomic E-state index is 4.16. The van der Waals surface area contributed by atoms with E-state index < -0.39 is 0 Å². The molecule has 0 unspecified atom stereocenters. The van der Waals surface area contributed by atoms with Gasteiger partial charge in [-0.1, -0.05) is 26.7 Å². The summed E-state index contributed by atoms with van der Waals surface area (Å²) < 4.78 is 0. The highest BCUT2D eigenvalue weighted by atomic mass is 32.1. The summed E-state index contributed by atoms with van der Waals surface area (Å²) in [7, 11) is 0. The first-order chi connectivity index (χ1) is 6.29. The molecule has 1 aromatic heterocycles. The van der Waals surface area contributed by atoms with Gasteiger partial charge in [-0.15, -0.1) is 11.3 Å². The van der Waals surface area contributed by atoms with Crippen LogP contribution in [0.2, 0.25) is 0 Å². The Balaban J connectivity index is 1.96. The Bertz CT molecular complexity index is 207. The second-order valence-electron chi connectivity index (χ2n) is 3.65. The Labute approximate surface area is 84.4 Å². The molecule has 13 heavy (non-hydrogen) atoms. The van der Waals surface area contributed by atoms with Gasteiger partial charge in [-0.2, -0.15) is 0 Å². The van der Waals surface area contributed by atoms with E-state index in [2.05, 4.69) is 24.1 Å². The molecule has 1 heterocycles. The number of anilines is 1. The molecule has 0 aromatic carbocycles. The summed E-state index contributed by atoms with van der Waals surface area (Å²) >= 11 is 1.67. The lowest BCUT2D eigenvalue weighted by Gasteiger charge is -2.04. The monoisotopic (exact) mass is 198 g/mol. The van der Waals surface area contributed by atoms with Gasteiger partial charge in [0.05, 0.1) is 0 Å². The van der Waals surface area contributed by atoms with Crippen LogP contribution in [-0.2, 0) is 0 Å². The second-order valence-corrected chi connectivity index (χ2v) is 4.55. The van der Waals surface area contributed by atoms with Crippen LogP contribution in [0.1, 0.15) is 33.1 Å². The van der Waals surface area contributed by atoms with Crippen molar-refractivity contribution in [2.24, 2.45) is 5.92 Å². The van der Waals surface area contributed by atoms with Crippen molar-refractivity contribution in [2.75, 3.05) is 11.9 Å². The van der Waals surface area contributed by atoms with Crippen LogP contribution in [0.15, 0.2) is 11.6 Å². The quantitative estimate of drug-likeness (QED) is 0.709. The van der Waals surface area contributed by atoms with Gasteiger partial charge in [0, 0.05) is 18.1 Å². The highest BCUT2D eigenvalue weighted by Gasteiger charge is 1.95. The number of hydrogen-bond acceptors (Lipinski definition) is 3. The average molecular weight is 198 g/mol. The summed E-state index contributed by atoms with van der Waals surface area (Å²) in [5, 5.41) is 6.35. The molecule has 0 saturated carbocycles. The molecule has 0 fully saturated rings. The van der Waals surface area contributed by atoms with Gasteiger partial charge in [-0.05, 0) is 12.3 Å². The first kappa shape index (κ1) is 10.5. The minimum Gasteiger partial charge on any atom is -0.362 e. The van der Waals surface area contributed by atoms with Crippen molar-refractivity contribution in [3.05, 3.63) is 11.6 Å². The van der Waals surface area contributed by atoms with Crippen LogP contribution in [-0.4, -0.2) is 11.5 Å². The fourth-order valence-electron chi connectivity index (χ4n) is 1.18. The zero-order valence-corrected chi connectivity index (χ0v) is 9.23. The molecular formula is C10H18N2S. The summed E-state index contributed by atoms with van der Waals surface area (Å²) in [5.41, 5.74) is 0. The van der Waals surface area contributed by atoms with Crippen molar-refractivity contribution in [3.8, 4) is 0 Å². The summed E-state index contributed by atoms with van der Waals surface area (Å²) in [5.74, 6) is 0.833. The second kappa shape index (κ2) is 5.97. The molecule has 0 aliphatic heterocycles. The van der Waals surface area contributed by atoms with Gasteiger partial charge >= 0.3 is 0 Å². The van der Waals surface area contributed by atoms with Crippen molar-refractivity contribution in [3.63, 3.8) is 0 Å². The zero-order chi connectivity index (χ0) is 9.52. The largest absolute Gasteiger partial charge is 0.362 e. The Hall–Kier alpha value is -0.570. The van der Waals surface area contributed by atoms with Crippen LogP contribution in [0.25, 0.3) is 0 Å². The number of unbranched alkanes of at least 4 members (excludes halogenated alkanes) is 1. The molecule has 0 spiro atoms. The molecule has 0 bridgehead atoms. The van der Waals surface area contributed by atoms with Crippen LogP contribution in [0.5, 0.6) is 0 Å². The van der Waals surface area contributed by atoms with Crippen LogP contribution in [0.3, 0.4) is 0 Å². The lowest BCUT2D eigenvalue weighted by molar-refractivity contribution is 0.545. The highest BCUT2D eigenvalue weighted by Crippen LogP contribution is 2.11. The number of thiazole rings is 1. The van der Waals surface area contributed by atoms with E-state index in [-0.39, 0.29) is 0 Å². The number of aromatic nitrogens is 1. The van der Waals surface area contributed by atoms with Crippen LogP contribution < -0.4 is 5.32 Å². The van der Waals surface area contributed by atoms with Gasteiger partial charge in [-0.3, -0.25) is 0 Å². The predicted molar refractivity (Wildman–Crippen MR) is 59.3 cm³/mol. The van der Waals surface area contributed by atoms with E-state index in [0.717, 1.165) is 17.6 Å². The molecule has 1 rings (SSSR count). The lowest BCUT2D eigenvalue weighted by Crippen LogP contribution is -2.01. The summed E-state index contributed by atoms with van der Waals surface area (Å²) in [6, 6.07) is 0. The summed E-state index contributed by atoms with van der Waals surface area (Å²) in [4.78, 5) is 4.16. The zero-order valence-electron chi connectivity index (χ0n) is 8.42. The van der Waals surface area contributed by atoms with Crippen molar-refractivity contribution in [1.82, 2.24) is 4.98 Å². The lowest BCUT2D eigenvalue weighted by atomic mass is 10.1. The normalized spacial score (nSPS) is 10.7. The molecule has 3 heteroatoms. The molecule has 1 aromatic rings. The topological polar surface area (TPSA) is 24.9 Å². The van der Waals surface area contributed by atoms with Crippen molar-refractivity contribution < 1.29 is 0 Å². The molecule has 1 N–H and O–H groups in total. The first-order valence-electron chi connectivity index (χ1n) is 4.92. The maximum atomic E-state index is 4.16. The Morgan fingerprint density at radius 1 is 1.46 bits per heavy atom. The van der Waals surface area contributed by atoms with E-state index in [4.69, 9.17) is 0 Å². The number of nitrogens with one attached hydrogen (secondary N) is 1. The first-order valence-corrected chi connectivity index (χ1v) is 5.80. The standard InChI is InChI=1S/C10H18N2S/c1-9(2)5-3-4-6-11-10-12-7-8-13-10/h7-9H,3-6H2,1-2H3,(H,11,12). The van der Waals surface area contributed by atoms with Gasteiger partial charge in [0.1, 0.15) is 0 Å². The molecule has 0 aliphatic carbocycles. The predicted octanol–water partition coefficient (Wildman–Crippen LogP) is 3.38. The summed E-state index contributed by atoms with van der Waals surface area (Å²) in [6.45, 7) is 5.60. The molecule has 74 valence electrons. The van der Waals surface area contributed by atoms with Crippen LogP contribution >= 0.6 is 11.3 Å². The fraction of sp³-hybridized carbons (Fsp3) is 0.700. The summed E-state index contributed by atoms with van der Waals surface area (Å²) in [6.07, 6.45) is 5.73. The third kappa shape index (κ3) is 4.88.